The molecule has 0 fully saturated rings. The van der Waals surface area contributed by atoms with Gasteiger partial charge in [0.15, 0.2) is 5.52 Å². The molecule has 0 amide bonds. The molecule has 0 aliphatic heterocycles. The number of para-hydroxylation sites is 1. The maximum Gasteiger partial charge on any atom is 0.278 e. The highest BCUT2D eigenvalue weighted by Gasteiger charge is 2.14. The Morgan fingerprint density at radius 1 is 1.15 bits per heavy atom. The molecule has 0 spiro atoms. The standard InChI is InChI=1S/C19H21N7O/c1-3-7-15-16-17(25(2)24-15)18(27)22-19(21-16)20-12-13-10-11-26(23-13)14-8-5-4-6-9-14/h4-6,8-11H,3,7,12H2,1-2H3,(H2,20,21,22,27). The molecule has 8 heteroatoms. The van der Waals surface area contributed by atoms with Gasteiger partial charge in [-0.15, -0.1) is 0 Å². The minimum Gasteiger partial charge on any atom is -0.350 e. The first-order chi connectivity index (χ1) is 13.2. The van der Waals surface area contributed by atoms with Crippen LogP contribution < -0.4 is 10.9 Å². The molecule has 3 aromatic heterocycles. The summed E-state index contributed by atoms with van der Waals surface area (Å²) in [4.78, 5) is 19.8. The molecule has 1 aromatic carbocycles. The molecule has 2 N–H and O–H groups in total. The van der Waals surface area contributed by atoms with Gasteiger partial charge in [-0.1, -0.05) is 31.5 Å². The lowest BCUT2D eigenvalue weighted by atomic mass is 10.2. The van der Waals surface area contributed by atoms with Gasteiger partial charge in [-0.3, -0.25) is 14.5 Å². The van der Waals surface area contributed by atoms with Crippen molar-refractivity contribution in [2.24, 2.45) is 7.05 Å². The summed E-state index contributed by atoms with van der Waals surface area (Å²) in [5.41, 5.74) is 3.64. The van der Waals surface area contributed by atoms with E-state index in [4.69, 9.17) is 0 Å². The van der Waals surface area contributed by atoms with E-state index in [1.165, 1.54) is 0 Å². The molecular formula is C19H21N7O. The molecule has 0 radical (unpaired) electrons. The van der Waals surface area contributed by atoms with Crippen LogP contribution in [0.25, 0.3) is 16.7 Å². The minimum atomic E-state index is -0.199. The quantitative estimate of drug-likeness (QED) is 0.549. The van der Waals surface area contributed by atoms with Crippen molar-refractivity contribution in [3.63, 3.8) is 0 Å². The van der Waals surface area contributed by atoms with Gasteiger partial charge in [0, 0.05) is 13.2 Å². The van der Waals surface area contributed by atoms with Gasteiger partial charge in [0.2, 0.25) is 5.95 Å². The number of hydrogen-bond donors (Lipinski definition) is 2. The third-order valence-corrected chi connectivity index (χ3v) is 4.35. The lowest BCUT2D eigenvalue weighted by molar-refractivity contribution is 0.750. The molecule has 0 saturated carbocycles. The number of nitrogens with one attached hydrogen (secondary N) is 2. The van der Waals surface area contributed by atoms with Crippen molar-refractivity contribution in [3.8, 4) is 5.69 Å². The molecule has 0 saturated heterocycles. The maximum absolute atomic E-state index is 12.4. The lowest BCUT2D eigenvalue weighted by Gasteiger charge is -2.04. The van der Waals surface area contributed by atoms with Gasteiger partial charge in [0.05, 0.1) is 23.6 Å². The predicted molar refractivity (Wildman–Crippen MR) is 104 cm³/mol. The second-order valence-electron chi connectivity index (χ2n) is 6.37. The Balaban J connectivity index is 1.57. The number of H-pyrrole nitrogens is 1. The zero-order valence-electron chi connectivity index (χ0n) is 15.3. The first kappa shape index (κ1) is 17.0. The highest BCUT2D eigenvalue weighted by Crippen LogP contribution is 2.15. The Morgan fingerprint density at radius 3 is 2.74 bits per heavy atom. The van der Waals surface area contributed by atoms with Crippen molar-refractivity contribution in [1.82, 2.24) is 29.5 Å². The molecule has 0 bridgehead atoms. The molecule has 4 rings (SSSR count). The van der Waals surface area contributed by atoms with Gasteiger partial charge in [-0.05, 0) is 24.6 Å². The van der Waals surface area contributed by atoms with E-state index < -0.39 is 0 Å². The molecule has 8 nitrogen and oxygen atoms in total. The van der Waals surface area contributed by atoms with Crippen molar-refractivity contribution in [3.05, 3.63) is 64.3 Å². The normalized spacial score (nSPS) is 11.2. The second kappa shape index (κ2) is 7.06. The predicted octanol–water partition coefficient (Wildman–Crippen LogP) is 2.41. The van der Waals surface area contributed by atoms with Crippen molar-refractivity contribution < 1.29 is 0 Å². The lowest BCUT2D eigenvalue weighted by Crippen LogP contribution is -2.15. The van der Waals surface area contributed by atoms with E-state index in [9.17, 15) is 4.79 Å². The molecule has 27 heavy (non-hydrogen) atoms. The number of hydrogen-bond acceptors (Lipinski definition) is 5. The Bertz CT molecular complexity index is 1120. The van der Waals surface area contributed by atoms with Crippen LogP contribution in [0.5, 0.6) is 0 Å². The fraction of sp³-hybridized carbons (Fsp3) is 0.263. The molecule has 138 valence electrons. The van der Waals surface area contributed by atoms with E-state index >= 15 is 0 Å². The first-order valence-electron chi connectivity index (χ1n) is 8.95. The van der Waals surface area contributed by atoms with Crippen molar-refractivity contribution in [2.45, 2.75) is 26.3 Å². The van der Waals surface area contributed by atoms with Gasteiger partial charge >= 0.3 is 0 Å². The molecule has 0 atom stereocenters. The highest BCUT2D eigenvalue weighted by atomic mass is 16.1. The summed E-state index contributed by atoms with van der Waals surface area (Å²) in [6.45, 7) is 2.54. The number of nitrogens with zero attached hydrogens (tertiary/aromatic N) is 5. The summed E-state index contributed by atoms with van der Waals surface area (Å²) in [5, 5.41) is 12.1. The van der Waals surface area contributed by atoms with Gasteiger partial charge < -0.3 is 5.32 Å². The third kappa shape index (κ3) is 3.33. The van der Waals surface area contributed by atoms with Crippen LogP contribution in [-0.4, -0.2) is 29.5 Å². The Kier molecular flexibility index (Phi) is 4.45. The minimum absolute atomic E-state index is 0.199. The van der Waals surface area contributed by atoms with Crippen LogP contribution in [0.4, 0.5) is 5.95 Å². The smallest absolute Gasteiger partial charge is 0.278 e. The average Bonchev–Trinajstić information content (AvgIpc) is 3.26. The average molecular weight is 363 g/mol. The number of aromatic amines is 1. The summed E-state index contributed by atoms with van der Waals surface area (Å²) in [7, 11) is 1.77. The summed E-state index contributed by atoms with van der Waals surface area (Å²) in [6.07, 6.45) is 3.64. The monoisotopic (exact) mass is 363 g/mol. The molecule has 4 aromatic rings. The van der Waals surface area contributed by atoms with Gasteiger partial charge in [-0.2, -0.15) is 10.2 Å². The molecule has 0 aliphatic carbocycles. The van der Waals surface area contributed by atoms with Crippen LogP contribution in [0, 0.1) is 0 Å². The van der Waals surface area contributed by atoms with Crippen LogP contribution in [0.1, 0.15) is 24.7 Å². The number of anilines is 1. The van der Waals surface area contributed by atoms with E-state index in [0.717, 1.165) is 29.9 Å². The van der Waals surface area contributed by atoms with Gasteiger partial charge in [0.1, 0.15) is 5.52 Å². The summed E-state index contributed by atoms with van der Waals surface area (Å²) in [6, 6.07) is 11.8. The first-order valence-corrected chi connectivity index (χ1v) is 8.95. The SMILES string of the molecule is CCCc1nn(C)c2c(=O)[nH]c(NCc3ccn(-c4ccccc4)n3)nc12. The van der Waals surface area contributed by atoms with E-state index in [1.807, 2.05) is 47.3 Å². The Labute approximate surface area is 155 Å². The highest BCUT2D eigenvalue weighted by molar-refractivity contribution is 5.77. The van der Waals surface area contributed by atoms with Crippen LogP contribution in [0.3, 0.4) is 0 Å². The second-order valence-corrected chi connectivity index (χ2v) is 6.37. The van der Waals surface area contributed by atoms with Crippen molar-refractivity contribution in [1.29, 1.82) is 0 Å². The largest absolute Gasteiger partial charge is 0.350 e. The van der Waals surface area contributed by atoms with Crippen LogP contribution >= 0.6 is 0 Å². The molecular weight excluding hydrogens is 342 g/mol. The van der Waals surface area contributed by atoms with Crippen molar-refractivity contribution >= 4 is 17.0 Å². The summed E-state index contributed by atoms with van der Waals surface area (Å²) < 4.78 is 3.41. The van der Waals surface area contributed by atoms with Crippen LogP contribution in [-0.2, 0) is 20.0 Å². The number of fused-ring (bicyclic) bond motifs is 1. The molecule has 3 heterocycles. The van der Waals surface area contributed by atoms with E-state index in [0.29, 0.717) is 23.5 Å². The van der Waals surface area contributed by atoms with Crippen LogP contribution in [0.2, 0.25) is 0 Å². The summed E-state index contributed by atoms with van der Waals surface area (Å²) in [5.74, 6) is 0.423. The maximum atomic E-state index is 12.4. The zero-order chi connectivity index (χ0) is 18.8. The van der Waals surface area contributed by atoms with Gasteiger partial charge in [0.25, 0.3) is 5.56 Å². The number of benzene rings is 1. The fourth-order valence-corrected chi connectivity index (χ4v) is 3.09. The van der Waals surface area contributed by atoms with E-state index in [2.05, 4.69) is 32.4 Å². The Hall–Kier alpha value is -3.42. The van der Waals surface area contributed by atoms with Crippen LogP contribution in [0.15, 0.2) is 47.4 Å². The number of aromatic nitrogens is 6. The summed E-state index contributed by atoms with van der Waals surface area (Å²) >= 11 is 0. The number of rotatable bonds is 6. The van der Waals surface area contributed by atoms with Gasteiger partial charge in [-0.25, -0.2) is 9.67 Å². The van der Waals surface area contributed by atoms with E-state index in [-0.39, 0.29) is 5.56 Å². The molecule has 0 unspecified atom stereocenters. The topological polar surface area (TPSA) is 93.4 Å². The number of aryl methyl sites for hydroxylation is 2. The Morgan fingerprint density at radius 2 is 1.96 bits per heavy atom. The molecule has 0 aliphatic rings. The fourth-order valence-electron chi connectivity index (χ4n) is 3.09. The van der Waals surface area contributed by atoms with Crippen molar-refractivity contribution in [2.75, 3.05) is 5.32 Å². The zero-order valence-corrected chi connectivity index (χ0v) is 15.3. The third-order valence-electron chi connectivity index (χ3n) is 4.35. The van der Waals surface area contributed by atoms with E-state index in [1.54, 1.807) is 11.7 Å².